The van der Waals surface area contributed by atoms with E-state index in [1.54, 1.807) is 13.8 Å². The maximum atomic E-state index is 13.1. The molecule has 1 aromatic carbocycles. The van der Waals surface area contributed by atoms with Crippen molar-refractivity contribution < 1.29 is 18.8 Å². The molecule has 1 atom stereocenters. The van der Waals surface area contributed by atoms with E-state index in [2.05, 4.69) is 5.32 Å². The van der Waals surface area contributed by atoms with Crippen molar-refractivity contribution >= 4 is 11.6 Å². The third-order valence-electron chi connectivity index (χ3n) is 2.40. The van der Waals surface area contributed by atoms with Crippen LogP contribution in [0.5, 0.6) is 5.75 Å². The van der Waals surface area contributed by atoms with E-state index in [4.69, 9.17) is 10.5 Å². The van der Waals surface area contributed by atoms with Crippen LogP contribution in [-0.4, -0.2) is 29.5 Å². The van der Waals surface area contributed by atoms with Crippen molar-refractivity contribution in [3.05, 3.63) is 34.1 Å². The number of primary amides is 1. The minimum Gasteiger partial charge on any atom is -0.485 e. The molecule has 7 nitrogen and oxygen atoms in total. The highest BCUT2D eigenvalue weighted by molar-refractivity contribution is 5.80. The largest absolute Gasteiger partial charge is 0.485 e. The Morgan fingerprint density at radius 3 is 2.70 bits per heavy atom. The van der Waals surface area contributed by atoms with Gasteiger partial charge in [-0.2, -0.15) is 0 Å². The van der Waals surface area contributed by atoms with Gasteiger partial charge in [-0.25, -0.2) is 4.39 Å². The molecule has 0 radical (unpaired) electrons. The molecule has 0 fully saturated rings. The Morgan fingerprint density at radius 2 is 2.20 bits per heavy atom. The summed E-state index contributed by atoms with van der Waals surface area (Å²) in [4.78, 5) is 21.3. The molecule has 0 saturated heterocycles. The average molecular weight is 285 g/mol. The van der Waals surface area contributed by atoms with Gasteiger partial charge in [-0.05, 0) is 6.07 Å². The van der Waals surface area contributed by atoms with E-state index >= 15 is 0 Å². The zero-order valence-electron chi connectivity index (χ0n) is 11.1. The van der Waals surface area contributed by atoms with Crippen LogP contribution in [0.15, 0.2) is 18.2 Å². The van der Waals surface area contributed by atoms with Crippen molar-refractivity contribution in [3.63, 3.8) is 0 Å². The van der Waals surface area contributed by atoms with E-state index in [-0.39, 0.29) is 24.1 Å². The molecule has 0 saturated carbocycles. The third kappa shape index (κ3) is 4.47. The molecule has 20 heavy (non-hydrogen) atoms. The normalized spacial score (nSPS) is 12.2. The number of benzene rings is 1. The van der Waals surface area contributed by atoms with Gasteiger partial charge >= 0.3 is 5.69 Å². The van der Waals surface area contributed by atoms with Crippen molar-refractivity contribution in [1.82, 2.24) is 5.32 Å². The van der Waals surface area contributed by atoms with E-state index in [9.17, 15) is 19.3 Å². The summed E-state index contributed by atoms with van der Waals surface area (Å²) in [6.07, 6.45) is 0. The number of nitrogens with zero attached hydrogens (tertiary/aromatic N) is 1. The van der Waals surface area contributed by atoms with Gasteiger partial charge in [0.25, 0.3) is 0 Å². The van der Waals surface area contributed by atoms with Crippen molar-refractivity contribution in [2.75, 3.05) is 6.61 Å². The first-order valence-corrected chi connectivity index (χ1v) is 5.93. The number of nitro groups is 1. The summed E-state index contributed by atoms with van der Waals surface area (Å²) >= 11 is 0. The van der Waals surface area contributed by atoms with Crippen LogP contribution in [-0.2, 0) is 4.79 Å². The molecular weight excluding hydrogens is 269 g/mol. The lowest BCUT2D eigenvalue weighted by atomic mass is 10.2. The van der Waals surface area contributed by atoms with Crippen LogP contribution in [0.4, 0.5) is 10.1 Å². The standard InChI is InChI=1S/C12H16FN3O4/c1-7(2)15-9(12(14)17)6-20-11-5-8(13)3-4-10(11)16(18)19/h3-5,7,9,15H,6H2,1-2H3,(H2,14,17). The van der Waals surface area contributed by atoms with Crippen molar-refractivity contribution in [3.8, 4) is 5.75 Å². The predicted octanol–water partition coefficient (Wildman–Crippen LogP) is 0.965. The molecule has 3 N–H and O–H groups in total. The fourth-order valence-corrected chi connectivity index (χ4v) is 1.54. The summed E-state index contributed by atoms with van der Waals surface area (Å²) in [7, 11) is 0. The lowest BCUT2D eigenvalue weighted by Gasteiger charge is -2.18. The Bertz CT molecular complexity index is 507. The molecule has 8 heteroatoms. The quantitative estimate of drug-likeness (QED) is 0.573. The average Bonchev–Trinajstić information content (AvgIpc) is 2.33. The third-order valence-corrected chi connectivity index (χ3v) is 2.40. The summed E-state index contributed by atoms with van der Waals surface area (Å²) in [5, 5.41) is 13.6. The zero-order valence-corrected chi connectivity index (χ0v) is 11.1. The number of nitrogens with one attached hydrogen (secondary N) is 1. The minimum atomic E-state index is -0.821. The smallest absolute Gasteiger partial charge is 0.311 e. The summed E-state index contributed by atoms with van der Waals surface area (Å²) in [6, 6.07) is 2.00. The van der Waals surface area contributed by atoms with Crippen molar-refractivity contribution in [2.45, 2.75) is 25.9 Å². The number of carbonyl (C=O) groups is 1. The van der Waals surface area contributed by atoms with Gasteiger partial charge in [-0.3, -0.25) is 14.9 Å². The highest BCUT2D eigenvalue weighted by atomic mass is 19.1. The van der Waals surface area contributed by atoms with Crippen LogP contribution in [0.3, 0.4) is 0 Å². The van der Waals surface area contributed by atoms with Gasteiger partial charge in [0.05, 0.1) is 4.92 Å². The molecule has 1 amide bonds. The molecule has 0 aliphatic heterocycles. The Hall–Kier alpha value is -2.22. The highest BCUT2D eigenvalue weighted by Crippen LogP contribution is 2.27. The molecule has 0 spiro atoms. The van der Waals surface area contributed by atoms with Gasteiger partial charge in [0.1, 0.15) is 18.5 Å². The molecule has 0 aliphatic rings. The maximum absolute atomic E-state index is 13.1. The second-order valence-corrected chi connectivity index (χ2v) is 4.46. The zero-order chi connectivity index (χ0) is 15.3. The lowest BCUT2D eigenvalue weighted by Crippen LogP contribution is -2.48. The Kier molecular flexibility index (Phi) is 5.39. The van der Waals surface area contributed by atoms with Gasteiger partial charge in [-0.15, -0.1) is 0 Å². The van der Waals surface area contributed by atoms with Crippen LogP contribution >= 0.6 is 0 Å². The van der Waals surface area contributed by atoms with Crippen LogP contribution in [0.2, 0.25) is 0 Å². The monoisotopic (exact) mass is 285 g/mol. The SMILES string of the molecule is CC(C)NC(COc1cc(F)ccc1[N+](=O)[O-])C(N)=O. The Balaban J connectivity index is 2.84. The first kappa shape index (κ1) is 15.8. The Morgan fingerprint density at radius 1 is 1.55 bits per heavy atom. The number of hydrogen-bond donors (Lipinski definition) is 2. The number of hydrogen-bond acceptors (Lipinski definition) is 5. The Labute approximate surface area is 115 Å². The van der Waals surface area contributed by atoms with Crippen LogP contribution in [0, 0.1) is 15.9 Å². The van der Waals surface area contributed by atoms with Gasteiger partial charge < -0.3 is 15.8 Å². The summed E-state index contributed by atoms with van der Waals surface area (Å²) in [5.74, 6) is -1.57. The highest BCUT2D eigenvalue weighted by Gasteiger charge is 2.21. The number of nitrogens with two attached hydrogens (primary N) is 1. The number of rotatable bonds is 7. The summed E-state index contributed by atoms with van der Waals surface area (Å²) in [5.41, 5.74) is 4.81. The van der Waals surface area contributed by atoms with E-state index in [0.717, 1.165) is 18.2 Å². The van der Waals surface area contributed by atoms with Crippen LogP contribution < -0.4 is 15.8 Å². The van der Waals surface area contributed by atoms with E-state index in [1.807, 2.05) is 0 Å². The molecule has 1 unspecified atom stereocenters. The molecule has 0 aliphatic carbocycles. The van der Waals surface area contributed by atoms with Gasteiger partial charge in [0.2, 0.25) is 5.91 Å². The molecule has 0 aromatic heterocycles. The van der Waals surface area contributed by atoms with E-state index in [1.165, 1.54) is 0 Å². The second-order valence-electron chi connectivity index (χ2n) is 4.46. The lowest BCUT2D eigenvalue weighted by molar-refractivity contribution is -0.385. The van der Waals surface area contributed by atoms with Gasteiger partial charge in [0.15, 0.2) is 5.75 Å². The number of halogens is 1. The molecule has 1 rings (SSSR count). The molecular formula is C12H16FN3O4. The predicted molar refractivity (Wildman–Crippen MR) is 69.8 cm³/mol. The first-order chi connectivity index (χ1) is 9.31. The van der Waals surface area contributed by atoms with E-state index < -0.39 is 22.7 Å². The summed E-state index contributed by atoms with van der Waals surface area (Å²) < 4.78 is 18.3. The number of amides is 1. The summed E-state index contributed by atoms with van der Waals surface area (Å²) in [6.45, 7) is 3.39. The molecule has 1 aromatic rings. The molecule has 0 heterocycles. The fraction of sp³-hybridized carbons (Fsp3) is 0.417. The minimum absolute atomic E-state index is 0.0291. The molecule has 0 bridgehead atoms. The topological polar surface area (TPSA) is 107 Å². The fourth-order valence-electron chi connectivity index (χ4n) is 1.54. The van der Waals surface area contributed by atoms with Crippen molar-refractivity contribution in [1.29, 1.82) is 0 Å². The van der Waals surface area contributed by atoms with Gasteiger partial charge in [0, 0.05) is 18.2 Å². The number of ether oxygens (including phenoxy) is 1. The maximum Gasteiger partial charge on any atom is 0.311 e. The number of nitro benzene ring substituents is 1. The van der Waals surface area contributed by atoms with Crippen molar-refractivity contribution in [2.24, 2.45) is 5.73 Å². The number of carbonyl (C=O) groups excluding carboxylic acids is 1. The second kappa shape index (κ2) is 6.80. The van der Waals surface area contributed by atoms with Crippen LogP contribution in [0.1, 0.15) is 13.8 Å². The first-order valence-electron chi connectivity index (χ1n) is 5.93. The van der Waals surface area contributed by atoms with Crippen LogP contribution in [0.25, 0.3) is 0 Å². The van der Waals surface area contributed by atoms with E-state index in [0.29, 0.717) is 0 Å². The molecule has 110 valence electrons. The van der Waals surface area contributed by atoms with Gasteiger partial charge in [-0.1, -0.05) is 13.8 Å².